The van der Waals surface area contributed by atoms with Crippen molar-refractivity contribution in [3.63, 3.8) is 0 Å². The molecule has 2 aromatic heterocycles. The van der Waals surface area contributed by atoms with Crippen LogP contribution in [0.25, 0.3) is 21.5 Å². The maximum atomic E-state index is 12.5. The smallest absolute Gasteiger partial charge is 0.275 e. The van der Waals surface area contributed by atoms with Crippen molar-refractivity contribution < 1.29 is 18.3 Å². The molecule has 4 aromatic rings. The van der Waals surface area contributed by atoms with Crippen LogP contribution in [0.1, 0.15) is 16.1 Å². The fourth-order valence-electron chi connectivity index (χ4n) is 2.80. The van der Waals surface area contributed by atoms with Gasteiger partial charge < -0.3 is 5.11 Å². The second-order valence-electron chi connectivity index (χ2n) is 6.51. The van der Waals surface area contributed by atoms with E-state index >= 15 is 0 Å². The molecule has 0 aliphatic rings. The summed E-state index contributed by atoms with van der Waals surface area (Å²) in [5.74, 6) is -0.336. The van der Waals surface area contributed by atoms with Crippen molar-refractivity contribution in [2.75, 3.05) is 11.6 Å². The van der Waals surface area contributed by atoms with Crippen LogP contribution in [0, 0.1) is 6.92 Å². The van der Waals surface area contributed by atoms with Crippen molar-refractivity contribution in [3.05, 3.63) is 53.7 Å². The second-order valence-corrected chi connectivity index (χ2v) is 9.56. The van der Waals surface area contributed by atoms with E-state index in [-0.39, 0.29) is 16.3 Å². The number of aromatic hydroxyl groups is 1. The maximum Gasteiger partial charge on any atom is 0.275 e. The number of nitrogens with one attached hydrogen (secondary N) is 2. The number of carbonyl (C=O) groups excluding carboxylic acids is 1. The minimum absolute atomic E-state index is 0.110. The standard InChI is InChI=1S/C19H16N4O4S2/c1-10-4-3-5-12(17(10)24)14-9-15(23-22-14)18(25)21-19-20-13-7-6-11(29(2,26)27)8-16(13)28-19/h3-9,24H,1-2H3,(H,22,23)(H,20,21,25). The quantitative estimate of drug-likeness (QED) is 0.458. The molecule has 2 aromatic carbocycles. The van der Waals surface area contributed by atoms with Gasteiger partial charge in [-0.15, -0.1) is 0 Å². The minimum Gasteiger partial charge on any atom is -0.507 e. The summed E-state index contributed by atoms with van der Waals surface area (Å²) in [5, 5.41) is 20.0. The van der Waals surface area contributed by atoms with Crippen molar-refractivity contribution in [1.29, 1.82) is 0 Å². The highest BCUT2D eigenvalue weighted by Crippen LogP contribution is 2.31. The van der Waals surface area contributed by atoms with E-state index < -0.39 is 15.7 Å². The molecule has 0 bridgehead atoms. The molecule has 0 aliphatic heterocycles. The zero-order valence-corrected chi connectivity index (χ0v) is 17.1. The van der Waals surface area contributed by atoms with Gasteiger partial charge in [-0.3, -0.25) is 15.2 Å². The summed E-state index contributed by atoms with van der Waals surface area (Å²) in [6, 6.07) is 11.5. The average Bonchev–Trinajstić information content (AvgIpc) is 3.29. The molecule has 2 heterocycles. The van der Waals surface area contributed by atoms with Gasteiger partial charge >= 0.3 is 0 Å². The molecule has 0 saturated heterocycles. The summed E-state index contributed by atoms with van der Waals surface area (Å²) in [6.45, 7) is 1.78. The number of aromatic nitrogens is 3. The Balaban J connectivity index is 1.58. The number of fused-ring (bicyclic) bond motifs is 1. The number of aromatic amines is 1. The number of thiazole rings is 1. The molecule has 0 atom stereocenters. The van der Waals surface area contributed by atoms with Crippen LogP contribution in [0.2, 0.25) is 0 Å². The lowest BCUT2D eigenvalue weighted by Gasteiger charge is -2.03. The number of H-pyrrole nitrogens is 1. The number of phenols is 1. The van der Waals surface area contributed by atoms with Gasteiger partial charge in [0.25, 0.3) is 5.91 Å². The van der Waals surface area contributed by atoms with E-state index in [9.17, 15) is 18.3 Å². The summed E-state index contributed by atoms with van der Waals surface area (Å²) in [5.41, 5.74) is 2.47. The molecule has 0 unspecified atom stereocenters. The van der Waals surface area contributed by atoms with Crippen LogP contribution in [0.3, 0.4) is 0 Å². The molecule has 148 valence electrons. The fraction of sp³-hybridized carbons (Fsp3) is 0.105. The van der Waals surface area contributed by atoms with Gasteiger partial charge in [0.2, 0.25) is 0 Å². The third-order valence-electron chi connectivity index (χ3n) is 4.34. The number of nitrogens with zero attached hydrogens (tertiary/aromatic N) is 2. The van der Waals surface area contributed by atoms with Gasteiger partial charge in [-0.1, -0.05) is 23.5 Å². The summed E-state index contributed by atoms with van der Waals surface area (Å²) >= 11 is 1.18. The van der Waals surface area contributed by atoms with E-state index in [0.717, 1.165) is 6.26 Å². The molecular formula is C19H16N4O4S2. The number of benzene rings is 2. The summed E-state index contributed by atoms with van der Waals surface area (Å²) in [4.78, 5) is 17.0. The predicted molar refractivity (Wildman–Crippen MR) is 111 cm³/mol. The summed E-state index contributed by atoms with van der Waals surface area (Å²) in [6.07, 6.45) is 1.14. The fourth-order valence-corrected chi connectivity index (χ4v) is 4.42. The van der Waals surface area contributed by atoms with Gasteiger partial charge in [0.1, 0.15) is 11.4 Å². The molecule has 29 heavy (non-hydrogen) atoms. The van der Waals surface area contributed by atoms with Crippen LogP contribution < -0.4 is 5.32 Å². The molecule has 4 rings (SSSR count). The Hall–Kier alpha value is -3.24. The first-order valence-corrected chi connectivity index (χ1v) is 11.2. The Kier molecular flexibility index (Phi) is 4.59. The Morgan fingerprint density at radius 1 is 1.21 bits per heavy atom. The number of anilines is 1. The highest BCUT2D eigenvalue weighted by molar-refractivity contribution is 7.90. The molecule has 8 nitrogen and oxygen atoms in total. The lowest BCUT2D eigenvalue weighted by Crippen LogP contribution is -2.11. The molecule has 10 heteroatoms. The van der Waals surface area contributed by atoms with Crippen LogP contribution in [0.15, 0.2) is 47.4 Å². The largest absolute Gasteiger partial charge is 0.507 e. The number of amides is 1. The Bertz CT molecular complexity index is 1360. The van der Waals surface area contributed by atoms with Crippen LogP contribution in [-0.2, 0) is 9.84 Å². The third kappa shape index (κ3) is 3.71. The van der Waals surface area contributed by atoms with Gasteiger partial charge in [0.05, 0.1) is 20.8 Å². The Morgan fingerprint density at radius 2 is 2.00 bits per heavy atom. The Labute approximate surface area is 170 Å². The van der Waals surface area contributed by atoms with Gasteiger partial charge in [0.15, 0.2) is 15.0 Å². The number of rotatable bonds is 4. The molecular weight excluding hydrogens is 412 g/mol. The number of sulfone groups is 1. The zero-order chi connectivity index (χ0) is 20.8. The highest BCUT2D eigenvalue weighted by Gasteiger charge is 2.16. The SMILES string of the molecule is Cc1cccc(-c2cc(C(=O)Nc3nc4ccc(S(C)(=O)=O)cc4s3)[nH]n2)c1O. The number of carbonyl (C=O) groups is 1. The molecule has 3 N–H and O–H groups in total. The van der Waals surface area contributed by atoms with Crippen molar-refractivity contribution in [3.8, 4) is 17.0 Å². The monoisotopic (exact) mass is 428 g/mol. The van der Waals surface area contributed by atoms with Crippen LogP contribution in [0.4, 0.5) is 5.13 Å². The van der Waals surface area contributed by atoms with Gasteiger partial charge in [-0.2, -0.15) is 5.10 Å². The number of para-hydroxylation sites is 1. The van der Waals surface area contributed by atoms with Gasteiger partial charge in [0, 0.05) is 11.8 Å². The van der Waals surface area contributed by atoms with Crippen LogP contribution in [0.5, 0.6) is 5.75 Å². The highest BCUT2D eigenvalue weighted by atomic mass is 32.2. The molecule has 0 spiro atoms. The van der Waals surface area contributed by atoms with E-state index in [2.05, 4.69) is 20.5 Å². The lowest BCUT2D eigenvalue weighted by atomic mass is 10.1. The lowest BCUT2D eigenvalue weighted by molar-refractivity contribution is 0.102. The molecule has 0 aliphatic carbocycles. The summed E-state index contributed by atoms with van der Waals surface area (Å²) < 4.78 is 24.0. The third-order valence-corrected chi connectivity index (χ3v) is 6.39. The van der Waals surface area contributed by atoms with Crippen molar-refractivity contribution in [2.24, 2.45) is 0 Å². The van der Waals surface area contributed by atoms with E-state index in [4.69, 9.17) is 0 Å². The number of phenolic OH excluding ortho intramolecular Hbond substituents is 1. The zero-order valence-electron chi connectivity index (χ0n) is 15.4. The number of hydrogen-bond donors (Lipinski definition) is 3. The second kappa shape index (κ2) is 6.98. The summed E-state index contributed by atoms with van der Waals surface area (Å²) in [7, 11) is -3.32. The first kappa shape index (κ1) is 19.1. The van der Waals surface area contributed by atoms with Crippen molar-refractivity contribution >= 4 is 42.4 Å². The van der Waals surface area contributed by atoms with E-state index in [1.54, 1.807) is 37.3 Å². The first-order valence-electron chi connectivity index (χ1n) is 8.49. The number of hydrogen-bond acceptors (Lipinski definition) is 7. The number of aryl methyl sites for hydroxylation is 1. The van der Waals surface area contributed by atoms with Gasteiger partial charge in [-0.25, -0.2) is 13.4 Å². The normalized spacial score (nSPS) is 11.7. The van der Waals surface area contributed by atoms with Crippen molar-refractivity contribution in [1.82, 2.24) is 15.2 Å². The molecule has 0 radical (unpaired) electrons. The van der Waals surface area contributed by atoms with Crippen LogP contribution in [-0.4, -0.2) is 40.9 Å². The topological polar surface area (TPSA) is 125 Å². The first-order chi connectivity index (χ1) is 13.7. The van der Waals surface area contributed by atoms with E-state index in [1.165, 1.54) is 23.5 Å². The Morgan fingerprint density at radius 3 is 2.76 bits per heavy atom. The average molecular weight is 428 g/mol. The molecule has 0 saturated carbocycles. The van der Waals surface area contributed by atoms with Crippen LogP contribution >= 0.6 is 11.3 Å². The van der Waals surface area contributed by atoms with Gasteiger partial charge in [-0.05, 0) is 42.8 Å². The molecule has 1 amide bonds. The maximum absolute atomic E-state index is 12.5. The van der Waals surface area contributed by atoms with E-state index in [1.807, 2.05) is 0 Å². The predicted octanol–water partition coefficient (Wildman–Crippen LogP) is 3.36. The van der Waals surface area contributed by atoms with Crippen molar-refractivity contribution in [2.45, 2.75) is 11.8 Å². The minimum atomic E-state index is -3.32. The molecule has 0 fully saturated rings. The van der Waals surface area contributed by atoms with E-state index in [0.29, 0.717) is 32.2 Å².